The molecule has 0 amide bonds. The summed E-state index contributed by atoms with van der Waals surface area (Å²) >= 11 is 0. The lowest BCUT2D eigenvalue weighted by Gasteiger charge is -2.07. The third-order valence-electron chi connectivity index (χ3n) is 3.66. The van der Waals surface area contributed by atoms with Crippen LogP contribution in [0.5, 0.6) is 5.75 Å². The zero-order valence-corrected chi connectivity index (χ0v) is 12.2. The number of methoxy groups -OCH3 is 1. The van der Waals surface area contributed by atoms with Crippen LogP contribution in [0.3, 0.4) is 0 Å². The van der Waals surface area contributed by atoms with Crippen LogP contribution in [0.15, 0.2) is 30.3 Å². The van der Waals surface area contributed by atoms with E-state index < -0.39 is 0 Å². The maximum absolute atomic E-state index is 5.23. The van der Waals surface area contributed by atoms with Gasteiger partial charge in [0.2, 0.25) is 0 Å². The van der Waals surface area contributed by atoms with E-state index in [1.54, 1.807) is 7.11 Å². The number of ether oxygens (including phenoxy) is 1. The number of hydrogen-bond donors (Lipinski definition) is 1. The zero-order chi connectivity index (χ0) is 13.8. The molecule has 0 aliphatic heterocycles. The maximum atomic E-state index is 5.23. The molecule has 3 nitrogen and oxygen atoms in total. The minimum Gasteiger partial charge on any atom is -0.497 e. The van der Waals surface area contributed by atoms with Gasteiger partial charge in [-0.25, -0.2) is 0 Å². The molecule has 2 aromatic rings. The Morgan fingerprint density at radius 1 is 1.16 bits per heavy atom. The molecule has 0 saturated heterocycles. The Hall–Kier alpha value is -1.74. The summed E-state index contributed by atoms with van der Waals surface area (Å²) in [4.78, 5) is 0. The molecule has 2 rings (SSSR count). The predicted molar refractivity (Wildman–Crippen MR) is 78.4 cm³/mol. The summed E-state index contributed by atoms with van der Waals surface area (Å²) in [6, 6.07) is 10.4. The average Bonchev–Trinajstić information content (AvgIpc) is 2.67. The van der Waals surface area contributed by atoms with Crippen molar-refractivity contribution < 1.29 is 4.74 Å². The fourth-order valence-electron chi connectivity index (χ4n) is 2.24. The van der Waals surface area contributed by atoms with Crippen molar-refractivity contribution in [2.45, 2.75) is 26.9 Å². The number of benzene rings is 1. The van der Waals surface area contributed by atoms with E-state index >= 15 is 0 Å². The molecule has 0 saturated carbocycles. The van der Waals surface area contributed by atoms with Crippen LogP contribution in [0.4, 0.5) is 0 Å². The molecule has 1 heterocycles. The van der Waals surface area contributed by atoms with E-state index in [2.05, 4.69) is 49.0 Å². The van der Waals surface area contributed by atoms with E-state index in [-0.39, 0.29) is 0 Å². The van der Waals surface area contributed by atoms with Crippen molar-refractivity contribution in [3.8, 4) is 5.75 Å². The lowest BCUT2D eigenvalue weighted by Crippen LogP contribution is -2.13. The molecule has 0 radical (unpaired) electrons. The van der Waals surface area contributed by atoms with Crippen molar-refractivity contribution in [2.24, 2.45) is 7.05 Å². The van der Waals surface area contributed by atoms with Gasteiger partial charge >= 0.3 is 0 Å². The van der Waals surface area contributed by atoms with Crippen LogP contribution in [0.2, 0.25) is 0 Å². The number of aryl methyl sites for hydroxylation is 1. The third-order valence-corrected chi connectivity index (χ3v) is 3.66. The molecule has 19 heavy (non-hydrogen) atoms. The number of nitrogens with zero attached hydrogens (tertiary/aromatic N) is 1. The van der Waals surface area contributed by atoms with Gasteiger partial charge in [0, 0.05) is 31.5 Å². The number of hydrogen-bond acceptors (Lipinski definition) is 2. The second-order valence-electron chi connectivity index (χ2n) is 4.91. The minimum absolute atomic E-state index is 0.852. The summed E-state index contributed by atoms with van der Waals surface area (Å²) < 4.78 is 7.45. The molecular weight excluding hydrogens is 236 g/mol. The van der Waals surface area contributed by atoms with Crippen molar-refractivity contribution >= 4 is 0 Å². The largest absolute Gasteiger partial charge is 0.497 e. The molecule has 0 bridgehead atoms. The number of nitrogens with one attached hydrogen (secondary N) is 1. The van der Waals surface area contributed by atoms with E-state index in [4.69, 9.17) is 4.74 Å². The summed E-state index contributed by atoms with van der Waals surface area (Å²) in [5.74, 6) is 0.908. The molecule has 0 unspecified atom stereocenters. The van der Waals surface area contributed by atoms with Gasteiger partial charge < -0.3 is 14.6 Å². The van der Waals surface area contributed by atoms with Gasteiger partial charge in [0.1, 0.15) is 5.75 Å². The molecule has 0 spiro atoms. The molecule has 0 atom stereocenters. The molecule has 102 valence electrons. The van der Waals surface area contributed by atoms with Crippen LogP contribution < -0.4 is 10.1 Å². The van der Waals surface area contributed by atoms with Crippen molar-refractivity contribution in [2.75, 3.05) is 7.11 Å². The highest BCUT2D eigenvalue weighted by Gasteiger charge is 2.05. The normalized spacial score (nSPS) is 10.7. The lowest BCUT2D eigenvalue weighted by atomic mass is 10.2. The Balaban J connectivity index is 1.94. The van der Waals surface area contributed by atoms with Gasteiger partial charge in [-0.05, 0) is 43.2 Å². The standard InChI is InChI=1S/C16H22N2O/c1-12-8-15(13(2)18(12)3)11-17-10-14-6-5-7-16(9-14)19-4/h5-9,17H,10-11H2,1-4H3. The fourth-order valence-corrected chi connectivity index (χ4v) is 2.24. The van der Waals surface area contributed by atoms with Crippen molar-refractivity contribution in [1.82, 2.24) is 9.88 Å². The topological polar surface area (TPSA) is 26.2 Å². The SMILES string of the molecule is COc1cccc(CNCc2cc(C)n(C)c2C)c1. The minimum atomic E-state index is 0.852. The van der Waals surface area contributed by atoms with E-state index in [9.17, 15) is 0 Å². The highest BCUT2D eigenvalue weighted by atomic mass is 16.5. The van der Waals surface area contributed by atoms with E-state index in [0.717, 1.165) is 18.8 Å². The van der Waals surface area contributed by atoms with Gasteiger partial charge in [-0.15, -0.1) is 0 Å². The zero-order valence-electron chi connectivity index (χ0n) is 12.2. The third kappa shape index (κ3) is 3.18. The second kappa shape index (κ2) is 5.93. The monoisotopic (exact) mass is 258 g/mol. The smallest absolute Gasteiger partial charge is 0.119 e. The fraction of sp³-hybridized carbons (Fsp3) is 0.375. The van der Waals surface area contributed by atoms with Gasteiger partial charge in [0.25, 0.3) is 0 Å². The first-order valence-electron chi connectivity index (χ1n) is 6.57. The Morgan fingerprint density at radius 3 is 2.58 bits per heavy atom. The van der Waals surface area contributed by atoms with Gasteiger partial charge in [0.05, 0.1) is 7.11 Å². The molecular formula is C16H22N2O. The molecule has 3 heteroatoms. The lowest BCUT2D eigenvalue weighted by molar-refractivity contribution is 0.414. The van der Waals surface area contributed by atoms with E-state index in [1.165, 1.54) is 22.5 Å². The predicted octanol–water partition coefficient (Wildman–Crippen LogP) is 2.94. The molecule has 1 aromatic heterocycles. The van der Waals surface area contributed by atoms with Gasteiger partial charge in [0.15, 0.2) is 0 Å². The van der Waals surface area contributed by atoms with Crippen LogP contribution in [0.25, 0.3) is 0 Å². The van der Waals surface area contributed by atoms with Crippen LogP contribution in [-0.4, -0.2) is 11.7 Å². The Bertz CT molecular complexity index is 558. The van der Waals surface area contributed by atoms with Crippen molar-refractivity contribution in [3.63, 3.8) is 0 Å². The van der Waals surface area contributed by atoms with Crippen LogP contribution in [-0.2, 0) is 20.1 Å². The summed E-state index contributed by atoms with van der Waals surface area (Å²) in [5.41, 5.74) is 5.24. The maximum Gasteiger partial charge on any atom is 0.119 e. The average molecular weight is 258 g/mol. The molecule has 1 N–H and O–H groups in total. The Labute approximate surface area is 115 Å². The first-order chi connectivity index (χ1) is 9.11. The Morgan fingerprint density at radius 2 is 1.95 bits per heavy atom. The van der Waals surface area contributed by atoms with Gasteiger partial charge in [-0.3, -0.25) is 0 Å². The molecule has 1 aromatic carbocycles. The van der Waals surface area contributed by atoms with E-state index in [1.807, 2.05) is 12.1 Å². The highest BCUT2D eigenvalue weighted by Crippen LogP contribution is 2.14. The summed E-state index contributed by atoms with van der Waals surface area (Å²) in [7, 11) is 3.80. The second-order valence-corrected chi connectivity index (χ2v) is 4.91. The number of rotatable bonds is 5. The summed E-state index contributed by atoms with van der Waals surface area (Å²) in [6.45, 7) is 6.05. The number of aromatic nitrogens is 1. The van der Waals surface area contributed by atoms with E-state index in [0.29, 0.717) is 0 Å². The van der Waals surface area contributed by atoms with Gasteiger partial charge in [-0.1, -0.05) is 12.1 Å². The summed E-state index contributed by atoms with van der Waals surface area (Å²) in [6.07, 6.45) is 0. The quantitative estimate of drug-likeness (QED) is 0.892. The molecule has 0 aliphatic carbocycles. The highest BCUT2D eigenvalue weighted by molar-refractivity contribution is 5.29. The van der Waals surface area contributed by atoms with Crippen LogP contribution in [0, 0.1) is 13.8 Å². The first kappa shape index (κ1) is 13.7. The first-order valence-corrected chi connectivity index (χ1v) is 6.57. The van der Waals surface area contributed by atoms with Crippen molar-refractivity contribution in [1.29, 1.82) is 0 Å². The Kier molecular flexibility index (Phi) is 4.27. The van der Waals surface area contributed by atoms with Crippen LogP contribution >= 0.6 is 0 Å². The molecule has 0 aliphatic rings. The van der Waals surface area contributed by atoms with Gasteiger partial charge in [-0.2, -0.15) is 0 Å². The molecule has 0 fully saturated rings. The summed E-state index contributed by atoms with van der Waals surface area (Å²) in [5, 5.41) is 3.48. The van der Waals surface area contributed by atoms with Crippen LogP contribution in [0.1, 0.15) is 22.5 Å². The van der Waals surface area contributed by atoms with Crippen molar-refractivity contribution in [3.05, 3.63) is 52.8 Å².